The Hall–Kier alpha value is -1.85. The van der Waals surface area contributed by atoms with Crippen molar-refractivity contribution in [2.45, 2.75) is 26.0 Å². The van der Waals surface area contributed by atoms with Crippen LogP contribution < -0.4 is 9.46 Å². The van der Waals surface area contributed by atoms with Crippen LogP contribution in [0.1, 0.15) is 22.3 Å². The number of aryl methyl sites for hydroxylation is 2. The molecule has 0 aliphatic rings. The van der Waals surface area contributed by atoms with Crippen LogP contribution in [0, 0.1) is 13.8 Å². The molecule has 2 aromatic rings. The van der Waals surface area contributed by atoms with Gasteiger partial charge in [-0.2, -0.15) is 0 Å². The van der Waals surface area contributed by atoms with Crippen LogP contribution in [-0.4, -0.2) is 22.1 Å². The molecule has 0 aromatic heterocycles. The molecule has 0 bridgehead atoms. The van der Waals surface area contributed by atoms with Crippen molar-refractivity contribution in [3.05, 3.63) is 64.7 Å². The van der Waals surface area contributed by atoms with E-state index in [0.717, 1.165) is 28.0 Å². The maximum absolute atomic E-state index is 12.2. The van der Waals surface area contributed by atoms with Crippen molar-refractivity contribution in [2.24, 2.45) is 0 Å². The highest BCUT2D eigenvalue weighted by Gasteiger charge is 2.12. The SMILES string of the molecule is COc1ccc(C)cc1CCNS(=O)(=O)Cc1ccc(C)cc1. The topological polar surface area (TPSA) is 55.4 Å². The first kappa shape index (κ1) is 17.5. The zero-order chi connectivity index (χ0) is 16.9. The summed E-state index contributed by atoms with van der Waals surface area (Å²) in [4.78, 5) is 0. The van der Waals surface area contributed by atoms with Crippen molar-refractivity contribution in [2.75, 3.05) is 13.7 Å². The normalized spacial score (nSPS) is 11.4. The van der Waals surface area contributed by atoms with Crippen molar-refractivity contribution in [1.29, 1.82) is 0 Å². The second kappa shape index (κ2) is 7.62. The van der Waals surface area contributed by atoms with E-state index >= 15 is 0 Å². The van der Waals surface area contributed by atoms with Crippen LogP contribution in [0.4, 0.5) is 0 Å². The minimum Gasteiger partial charge on any atom is -0.496 e. The standard InChI is InChI=1S/C18H23NO3S/c1-14-4-7-16(8-5-14)13-23(20,21)19-11-10-17-12-15(2)6-9-18(17)22-3/h4-9,12,19H,10-11,13H2,1-3H3. The molecule has 0 spiro atoms. The fourth-order valence-corrected chi connectivity index (χ4v) is 3.55. The third kappa shape index (κ3) is 5.37. The number of nitrogens with one attached hydrogen (secondary N) is 1. The highest BCUT2D eigenvalue weighted by atomic mass is 32.2. The monoisotopic (exact) mass is 333 g/mol. The lowest BCUT2D eigenvalue weighted by Gasteiger charge is -2.11. The largest absolute Gasteiger partial charge is 0.496 e. The van der Waals surface area contributed by atoms with Crippen LogP contribution in [0.2, 0.25) is 0 Å². The predicted molar refractivity (Wildman–Crippen MR) is 93.2 cm³/mol. The van der Waals surface area contributed by atoms with Gasteiger partial charge in [0.15, 0.2) is 0 Å². The van der Waals surface area contributed by atoms with Crippen molar-refractivity contribution in [3.8, 4) is 5.75 Å². The van der Waals surface area contributed by atoms with E-state index in [0.29, 0.717) is 13.0 Å². The molecule has 0 fully saturated rings. The van der Waals surface area contributed by atoms with Crippen molar-refractivity contribution in [3.63, 3.8) is 0 Å². The van der Waals surface area contributed by atoms with Crippen LogP contribution in [0.3, 0.4) is 0 Å². The van der Waals surface area contributed by atoms with Gasteiger partial charge in [-0.1, -0.05) is 47.5 Å². The van der Waals surface area contributed by atoms with E-state index < -0.39 is 10.0 Å². The van der Waals surface area contributed by atoms with Gasteiger partial charge < -0.3 is 4.74 Å². The zero-order valence-corrected chi connectivity index (χ0v) is 14.6. The molecule has 0 unspecified atom stereocenters. The molecule has 2 rings (SSSR count). The Labute approximate surface area is 138 Å². The van der Waals surface area contributed by atoms with Crippen LogP contribution in [-0.2, 0) is 22.2 Å². The molecule has 4 nitrogen and oxygen atoms in total. The molecule has 0 amide bonds. The zero-order valence-electron chi connectivity index (χ0n) is 13.8. The second-order valence-electron chi connectivity index (χ2n) is 5.70. The number of hydrogen-bond acceptors (Lipinski definition) is 3. The molecule has 1 N–H and O–H groups in total. The van der Waals surface area contributed by atoms with E-state index in [1.54, 1.807) is 7.11 Å². The smallest absolute Gasteiger partial charge is 0.215 e. The van der Waals surface area contributed by atoms with Gasteiger partial charge in [0.25, 0.3) is 0 Å². The first-order valence-corrected chi connectivity index (χ1v) is 9.21. The van der Waals surface area contributed by atoms with Crippen LogP contribution in [0.5, 0.6) is 5.75 Å². The molecule has 5 heteroatoms. The third-order valence-electron chi connectivity index (χ3n) is 3.63. The number of ether oxygens (including phenoxy) is 1. The number of hydrogen-bond donors (Lipinski definition) is 1. The Bertz CT molecular complexity index is 752. The number of sulfonamides is 1. The van der Waals surface area contributed by atoms with Crippen molar-refractivity contribution in [1.82, 2.24) is 4.72 Å². The van der Waals surface area contributed by atoms with Gasteiger partial charge in [0.2, 0.25) is 10.0 Å². The maximum Gasteiger partial charge on any atom is 0.215 e. The van der Waals surface area contributed by atoms with Gasteiger partial charge in [0.1, 0.15) is 5.75 Å². The van der Waals surface area contributed by atoms with Gasteiger partial charge in [-0.15, -0.1) is 0 Å². The lowest BCUT2D eigenvalue weighted by Crippen LogP contribution is -2.27. The van der Waals surface area contributed by atoms with E-state index in [4.69, 9.17) is 4.74 Å². The maximum atomic E-state index is 12.2. The lowest BCUT2D eigenvalue weighted by atomic mass is 10.1. The molecule has 0 aliphatic carbocycles. The van der Waals surface area contributed by atoms with Crippen molar-refractivity contribution >= 4 is 10.0 Å². The molecule has 0 atom stereocenters. The van der Waals surface area contributed by atoms with Gasteiger partial charge >= 0.3 is 0 Å². The van der Waals surface area contributed by atoms with Crippen LogP contribution in [0.15, 0.2) is 42.5 Å². The van der Waals surface area contributed by atoms with Crippen molar-refractivity contribution < 1.29 is 13.2 Å². The molecule has 0 saturated carbocycles. The average molecular weight is 333 g/mol. The van der Waals surface area contributed by atoms with E-state index in [1.807, 2.05) is 56.3 Å². The summed E-state index contributed by atoms with van der Waals surface area (Å²) in [6, 6.07) is 13.4. The third-order valence-corrected chi connectivity index (χ3v) is 4.99. The summed E-state index contributed by atoms with van der Waals surface area (Å²) in [5.41, 5.74) is 4.04. The minimum absolute atomic E-state index is 0.00175. The number of benzene rings is 2. The Morgan fingerprint density at radius 1 is 1.00 bits per heavy atom. The van der Waals surface area contributed by atoms with E-state index in [1.165, 1.54) is 0 Å². The van der Waals surface area contributed by atoms with Gasteiger partial charge in [-0.3, -0.25) is 0 Å². The predicted octanol–water partition coefficient (Wildman–Crippen LogP) is 2.97. The molecule has 2 aromatic carbocycles. The molecule has 124 valence electrons. The Morgan fingerprint density at radius 3 is 2.30 bits per heavy atom. The van der Waals surface area contributed by atoms with Gasteiger partial charge in [0, 0.05) is 6.54 Å². The first-order chi connectivity index (χ1) is 10.9. The van der Waals surface area contributed by atoms with E-state index in [9.17, 15) is 8.42 Å². The summed E-state index contributed by atoms with van der Waals surface area (Å²) in [6.45, 7) is 4.34. The first-order valence-electron chi connectivity index (χ1n) is 7.56. The van der Waals surface area contributed by atoms with Gasteiger partial charge in [-0.25, -0.2) is 13.1 Å². The number of rotatable bonds is 7. The van der Waals surface area contributed by atoms with E-state index in [-0.39, 0.29) is 5.75 Å². The van der Waals surface area contributed by atoms with Gasteiger partial charge in [-0.05, 0) is 37.5 Å². The molecule has 0 radical (unpaired) electrons. The van der Waals surface area contributed by atoms with Crippen LogP contribution in [0.25, 0.3) is 0 Å². The quantitative estimate of drug-likeness (QED) is 0.847. The van der Waals surface area contributed by atoms with Crippen LogP contribution >= 0.6 is 0 Å². The molecule has 0 aliphatic heterocycles. The average Bonchev–Trinajstić information content (AvgIpc) is 2.49. The molecule has 0 heterocycles. The molecule has 0 saturated heterocycles. The summed E-state index contributed by atoms with van der Waals surface area (Å²) in [7, 11) is -1.72. The fraction of sp³-hybridized carbons (Fsp3) is 0.333. The summed E-state index contributed by atoms with van der Waals surface area (Å²) in [6.07, 6.45) is 0.595. The van der Waals surface area contributed by atoms with E-state index in [2.05, 4.69) is 4.72 Å². The lowest BCUT2D eigenvalue weighted by molar-refractivity contribution is 0.409. The Kier molecular flexibility index (Phi) is 5.80. The fourth-order valence-electron chi connectivity index (χ4n) is 2.40. The number of methoxy groups -OCH3 is 1. The highest BCUT2D eigenvalue weighted by molar-refractivity contribution is 7.88. The molecule has 23 heavy (non-hydrogen) atoms. The summed E-state index contributed by atoms with van der Waals surface area (Å²) < 4.78 is 32.3. The molecular formula is C18H23NO3S. The summed E-state index contributed by atoms with van der Waals surface area (Å²) >= 11 is 0. The Morgan fingerprint density at radius 2 is 1.65 bits per heavy atom. The Balaban J connectivity index is 1.94. The summed E-state index contributed by atoms with van der Waals surface area (Å²) in [5.74, 6) is 0.784. The second-order valence-corrected chi connectivity index (χ2v) is 7.51. The van der Waals surface area contributed by atoms with Gasteiger partial charge in [0.05, 0.1) is 12.9 Å². The summed E-state index contributed by atoms with van der Waals surface area (Å²) in [5, 5.41) is 0. The minimum atomic E-state index is -3.34. The molecular weight excluding hydrogens is 310 g/mol. The highest BCUT2D eigenvalue weighted by Crippen LogP contribution is 2.19.